The van der Waals surface area contributed by atoms with E-state index in [1.165, 1.54) is 24.3 Å². The molecule has 7 aliphatic rings. The van der Waals surface area contributed by atoms with Gasteiger partial charge in [-0.05, 0) is 65.3 Å². The van der Waals surface area contributed by atoms with Crippen molar-refractivity contribution in [3.63, 3.8) is 0 Å². The highest BCUT2D eigenvalue weighted by atomic mass is 16.7. The maximum Gasteiger partial charge on any atom is 0.198 e. The Morgan fingerprint density at radius 1 is 0.759 bits per heavy atom. The molecule has 0 saturated carbocycles. The minimum absolute atomic E-state index is 0.0541. The average Bonchev–Trinajstić information content (AvgIpc) is 3.16. The van der Waals surface area contributed by atoms with Crippen LogP contribution in [0, 0.1) is 0 Å². The van der Waals surface area contributed by atoms with Crippen LogP contribution in [0.2, 0.25) is 0 Å². The smallest absolute Gasteiger partial charge is 0.198 e. The number of benzene rings is 2. The molecule has 4 saturated heterocycles. The summed E-state index contributed by atoms with van der Waals surface area (Å²) in [7, 11) is 0. The topological polar surface area (TPSA) is 200 Å². The van der Waals surface area contributed by atoms with Gasteiger partial charge in [0.2, 0.25) is 0 Å². The van der Waals surface area contributed by atoms with Crippen LogP contribution in [0.15, 0.2) is 30.4 Å². The lowest BCUT2D eigenvalue weighted by molar-refractivity contribution is -0.347. The van der Waals surface area contributed by atoms with Crippen molar-refractivity contribution in [3.8, 4) is 11.5 Å². The predicted molar refractivity (Wildman–Crippen MR) is 198 cm³/mol. The normalized spacial score (nSPS) is 38.4. The highest BCUT2D eigenvalue weighted by Crippen LogP contribution is 2.48. The minimum atomic E-state index is -1.12. The lowest BCUT2D eigenvalue weighted by Gasteiger charge is -2.49. The van der Waals surface area contributed by atoms with Crippen molar-refractivity contribution in [1.82, 2.24) is 0 Å². The van der Waals surface area contributed by atoms with Crippen LogP contribution in [0.3, 0.4) is 0 Å². The van der Waals surface area contributed by atoms with E-state index in [4.69, 9.17) is 37.9 Å². The summed E-state index contributed by atoms with van der Waals surface area (Å²) in [6.07, 6.45) is -2.57. The van der Waals surface area contributed by atoms with Crippen molar-refractivity contribution in [3.05, 3.63) is 69.3 Å². The van der Waals surface area contributed by atoms with Crippen molar-refractivity contribution >= 4 is 28.9 Å². The van der Waals surface area contributed by atoms with E-state index in [0.29, 0.717) is 12.8 Å². The summed E-state index contributed by atoms with van der Waals surface area (Å²) < 4.78 is 48.8. The molecule has 0 radical (unpaired) electrons. The molecule has 58 heavy (non-hydrogen) atoms. The Morgan fingerprint density at radius 3 is 2.28 bits per heavy atom. The van der Waals surface area contributed by atoms with Crippen molar-refractivity contribution in [2.75, 3.05) is 0 Å². The van der Waals surface area contributed by atoms with Gasteiger partial charge < -0.3 is 48.1 Å². The van der Waals surface area contributed by atoms with Crippen molar-refractivity contribution in [2.24, 2.45) is 0 Å². The summed E-state index contributed by atoms with van der Waals surface area (Å²) in [4.78, 5) is 66.3. The lowest BCUT2D eigenvalue weighted by Crippen LogP contribution is -2.60. The van der Waals surface area contributed by atoms with Gasteiger partial charge in [-0.1, -0.05) is 6.07 Å². The van der Waals surface area contributed by atoms with Gasteiger partial charge in [-0.15, -0.1) is 0 Å². The van der Waals surface area contributed by atoms with Gasteiger partial charge in [0.1, 0.15) is 35.9 Å². The molecule has 2 aromatic rings. The van der Waals surface area contributed by atoms with Crippen LogP contribution in [0.1, 0.15) is 126 Å². The van der Waals surface area contributed by atoms with Crippen LogP contribution >= 0.6 is 0 Å². The number of carbonyl (C=O) groups is 5. The van der Waals surface area contributed by atoms with Crippen molar-refractivity contribution in [1.29, 1.82) is 0 Å². The molecule has 0 amide bonds. The first kappa shape index (κ1) is 39.3. The maximum atomic E-state index is 14.2. The van der Waals surface area contributed by atoms with Gasteiger partial charge in [-0.3, -0.25) is 24.0 Å². The average molecular weight is 803 g/mol. The molecule has 0 bridgehead atoms. The number of ether oxygens (including phenoxy) is 8. The molecule has 308 valence electrons. The summed E-state index contributed by atoms with van der Waals surface area (Å²) in [5.74, 6) is -2.93. The van der Waals surface area contributed by atoms with E-state index >= 15 is 0 Å². The van der Waals surface area contributed by atoms with Gasteiger partial charge in [0.25, 0.3) is 0 Å². The van der Waals surface area contributed by atoms with Gasteiger partial charge in [-0.2, -0.15) is 0 Å². The Hall–Kier alpha value is -4.19. The van der Waals surface area contributed by atoms with E-state index in [1.54, 1.807) is 33.8 Å². The molecule has 15 heteroatoms. The zero-order valence-corrected chi connectivity index (χ0v) is 32.8. The van der Waals surface area contributed by atoms with Gasteiger partial charge in [0.15, 0.2) is 47.8 Å². The number of ketones is 5. The quantitative estimate of drug-likeness (QED) is 0.371. The van der Waals surface area contributed by atoms with Gasteiger partial charge in [-0.25, -0.2) is 0 Å². The third-order valence-corrected chi connectivity index (χ3v) is 12.5. The van der Waals surface area contributed by atoms with Gasteiger partial charge >= 0.3 is 0 Å². The molecule has 4 fully saturated rings. The zero-order valence-electron chi connectivity index (χ0n) is 32.8. The second-order valence-electron chi connectivity index (χ2n) is 16.7. The number of rotatable bonds is 5. The van der Waals surface area contributed by atoms with E-state index in [9.17, 15) is 34.2 Å². The molecule has 13 atom stereocenters. The first-order chi connectivity index (χ1) is 27.6. The van der Waals surface area contributed by atoms with Crippen molar-refractivity contribution < 1.29 is 72.1 Å². The van der Waals surface area contributed by atoms with Crippen LogP contribution in [0.4, 0.5) is 0 Å². The second-order valence-corrected chi connectivity index (χ2v) is 16.7. The number of aromatic hydroxyl groups is 2. The molecule has 5 aliphatic heterocycles. The second kappa shape index (κ2) is 14.5. The SMILES string of the molecule is CC1OC(OC2CCC(OC3(C)CC(=O)c4cc5c(c(O)c4C3)C(=O)c3ccc(C4CC6OC7CC(=O)C(C)OC7OC6C(C)O4)c(O)c3C5=O)OC2C)C=CC1=O. The first-order valence-electron chi connectivity index (χ1n) is 20.0. The molecule has 0 aromatic heterocycles. The highest BCUT2D eigenvalue weighted by molar-refractivity contribution is 6.31. The summed E-state index contributed by atoms with van der Waals surface area (Å²) >= 11 is 0. The van der Waals surface area contributed by atoms with Gasteiger partial charge in [0, 0.05) is 59.9 Å². The summed E-state index contributed by atoms with van der Waals surface area (Å²) in [5.41, 5.74) is -1.34. The molecule has 9 rings (SSSR count). The molecule has 2 N–H and O–H groups in total. The van der Waals surface area contributed by atoms with E-state index in [-0.39, 0.29) is 82.3 Å². The predicted octanol–water partition coefficient (Wildman–Crippen LogP) is 4.26. The summed E-state index contributed by atoms with van der Waals surface area (Å²) in [6, 6.07) is 4.29. The highest BCUT2D eigenvalue weighted by Gasteiger charge is 2.51. The molecule has 5 heterocycles. The number of Topliss-reactive ketones (excluding diaryl/α,β-unsaturated/α-hetero) is 2. The van der Waals surface area contributed by atoms with Crippen LogP contribution in [0.25, 0.3) is 0 Å². The molecule has 15 nitrogen and oxygen atoms in total. The first-order valence-corrected chi connectivity index (χ1v) is 20.0. The Kier molecular flexibility index (Phi) is 9.83. The lowest BCUT2D eigenvalue weighted by atomic mass is 9.74. The Bertz CT molecular complexity index is 2140. The van der Waals surface area contributed by atoms with Crippen LogP contribution in [-0.2, 0) is 53.9 Å². The molecule has 13 unspecified atom stereocenters. The van der Waals surface area contributed by atoms with E-state index < -0.39 is 102 Å². The Labute approximate surface area is 333 Å². The Balaban J connectivity index is 0.919. The maximum absolute atomic E-state index is 14.2. The van der Waals surface area contributed by atoms with E-state index in [0.717, 1.165) is 0 Å². The van der Waals surface area contributed by atoms with Crippen LogP contribution < -0.4 is 0 Å². The van der Waals surface area contributed by atoms with Crippen molar-refractivity contribution in [2.45, 2.75) is 153 Å². The Morgan fingerprint density at radius 2 is 1.52 bits per heavy atom. The molecule has 2 aromatic carbocycles. The molecular weight excluding hydrogens is 756 g/mol. The van der Waals surface area contributed by atoms with E-state index in [2.05, 4.69) is 0 Å². The summed E-state index contributed by atoms with van der Waals surface area (Å²) in [5, 5.41) is 23.4. The number of phenols is 2. The van der Waals surface area contributed by atoms with Crippen LogP contribution in [-0.4, -0.2) is 112 Å². The number of carbonyl (C=O) groups excluding carboxylic acids is 5. The van der Waals surface area contributed by atoms with E-state index in [1.807, 2.05) is 6.92 Å². The number of phenolic OH excluding ortho intramolecular Hbond substituents is 2. The fraction of sp³-hybridized carbons (Fsp3) is 0.558. The zero-order chi connectivity index (χ0) is 40.9. The third kappa shape index (κ3) is 6.65. The largest absolute Gasteiger partial charge is 0.507 e. The fourth-order valence-corrected chi connectivity index (χ4v) is 9.45. The standard InChI is InChI=1S/C43H46O15/c1-17-26(44)8-10-33(52-17)56-29-9-11-34(53-19(29)3)58-43(5)15-25-23(28(46)16-43)12-24-36(40(25)50)38(48)22-7-6-21(37(47)35(22)39(24)49)30-14-31-41(20(4)51-30)57-42-32(55-31)13-27(45)18(2)54-42/h6-8,10,12,17-20,29-34,41-42,47,50H,9,11,13-16H2,1-5H3. The minimum Gasteiger partial charge on any atom is -0.507 e. The summed E-state index contributed by atoms with van der Waals surface area (Å²) in [6.45, 7) is 8.72. The number of hydrogen-bond donors (Lipinski definition) is 2. The van der Waals surface area contributed by atoms with Crippen LogP contribution in [0.5, 0.6) is 11.5 Å². The molecular formula is C43H46O15. The number of fused-ring (bicyclic) bond motifs is 5. The number of hydrogen-bond acceptors (Lipinski definition) is 15. The molecule has 0 spiro atoms. The fourth-order valence-electron chi connectivity index (χ4n) is 9.45. The molecule has 2 aliphatic carbocycles. The monoisotopic (exact) mass is 802 g/mol. The third-order valence-electron chi connectivity index (χ3n) is 12.5. The van der Waals surface area contributed by atoms with Gasteiger partial charge in [0.05, 0.1) is 47.2 Å².